The third kappa shape index (κ3) is 1.93. The molecule has 3 aromatic rings. The van der Waals surface area contributed by atoms with Crippen LogP contribution in [0.3, 0.4) is 0 Å². The zero-order valence-corrected chi connectivity index (χ0v) is 9.89. The zero-order valence-electron chi connectivity index (χ0n) is 9.89. The lowest BCUT2D eigenvalue weighted by Crippen LogP contribution is -1.87. The minimum Gasteiger partial charge on any atom is -0.361 e. The van der Waals surface area contributed by atoms with Gasteiger partial charge in [0.1, 0.15) is 6.29 Å². The number of nitrogens with one attached hydrogen (secondary N) is 1. The molecule has 1 aromatic heterocycles. The van der Waals surface area contributed by atoms with Gasteiger partial charge in [0, 0.05) is 22.7 Å². The van der Waals surface area contributed by atoms with Crippen LogP contribution in [0.2, 0.25) is 0 Å². The number of H-pyrrole nitrogens is 1. The number of carbonyl (C=O) groups excluding carboxylic acids is 1. The van der Waals surface area contributed by atoms with Gasteiger partial charge in [-0.2, -0.15) is 0 Å². The molecule has 0 fully saturated rings. The molecule has 0 radical (unpaired) electrons. The van der Waals surface area contributed by atoms with E-state index in [1.807, 2.05) is 30.3 Å². The molecule has 0 saturated heterocycles. The Morgan fingerprint density at radius 3 is 2.56 bits per heavy atom. The van der Waals surface area contributed by atoms with Gasteiger partial charge >= 0.3 is 0 Å². The summed E-state index contributed by atoms with van der Waals surface area (Å²) in [6.45, 7) is 0. The Bertz CT molecular complexity index is 680. The van der Waals surface area contributed by atoms with Crippen molar-refractivity contribution in [2.45, 2.75) is 6.42 Å². The van der Waals surface area contributed by atoms with Crippen LogP contribution in [0.1, 0.15) is 21.5 Å². The summed E-state index contributed by atoms with van der Waals surface area (Å²) in [5, 5.41) is 1.26. The van der Waals surface area contributed by atoms with E-state index in [0.717, 1.165) is 23.8 Å². The number of fused-ring (bicyclic) bond motifs is 1. The van der Waals surface area contributed by atoms with Crippen LogP contribution in [0.15, 0.2) is 54.7 Å². The molecule has 0 bridgehead atoms. The minimum atomic E-state index is 0.720. The maximum absolute atomic E-state index is 10.6. The molecule has 88 valence electrons. The molecule has 2 heteroatoms. The van der Waals surface area contributed by atoms with Crippen molar-refractivity contribution in [3.8, 4) is 0 Å². The normalized spacial score (nSPS) is 10.7. The van der Waals surface area contributed by atoms with Gasteiger partial charge in [-0.1, -0.05) is 42.5 Å². The molecule has 18 heavy (non-hydrogen) atoms. The van der Waals surface area contributed by atoms with Crippen molar-refractivity contribution in [2.24, 2.45) is 0 Å². The molecule has 3 rings (SSSR count). The maximum atomic E-state index is 10.6. The molecule has 2 aromatic carbocycles. The van der Waals surface area contributed by atoms with E-state index in [-0.39, 0.29) is 0 Å². The number of aromatic nitrogens is 1. The van der Waals surface area contributed by atoms with Gasteiger partial charge in [0.25, 0.3) is 0 Å². The number of rotatable bonds is 3. The van der Waals surface area contributed by atoms with Crippen molar-refractivity contribution < 1.29 is 4.79 Å². The third-order valence-corrected chi connectivity index (χ3v) is 3.19. The summed E-state index contributed by atoms with van der Waals surface area (Å²) in [4.78, 5) is 13.9. The third-order valence-electron chi connectivity index (χ3n) is 3.19. The largest absolute Gasteiger partial charge is 0.361 e. The number of hydrogen-bond acceptors (Lipinski definition) is 1. The molecule has 0 aliphatic rings. The van der Waals surface area contributed by atoms with Crippen LogP contribution in [0, 0.1) is 0 Å². The fourth-order valence-electron chi connectivity index (χ4n) is 2.21. The summed E-state index contributed by atoms with van der Waals surface area (Å²) in [6, 6.07) is 16.0. The van der Waals surface area contributed by atoms with E-state index in [0.29, 0.717) is 0 Å². The van der Waals surface area contributed by atoms with Crippen molar-refractivity contribution >= 4 is 17.2 Å². The van der Waals surface area contributed by atoms with Crippen LogP contribution >= 0.6 is 0 Å². The zero-order chi connectivity index (χ0) is 12.4. The van der Waals surface area contributed by atoms with Gasteiger partial charge in [-0.3, -0.25) is 4.79 Å². The molecule has 0 atom stereocenters. The summed E-state index contributed by atoms with van der Waals surface area (Å²) in [7, 11) is 0. The highest BCUT2D eigenvalue weighted by molar-refractivity contribution is 5.83. The van der Waals surface area contributed by atoms with Gasteiger partial charge in [-0.05, 0) is 23.6 Å². The highest BCUT2D eigenvalue weighted by Crippen LogP contribution is 2.20. The van der Waals surface area contributed by atoms with Gasteiger partial charge in [0.2, 0.25) is 0 Å². The molecule has 0 aliphatic carbocycles. The molecular formula is C16H13NO. The van der Waals surface area contributed by atoms with Crippen LogP contribution in [0.25, 0.3) is 10.9 Å². The standard InChI is InChI=1S/C16H13NO/c18-11-13-7-5-12(6-8-13)9-14-10-17-16-4-2-1-3-15(14)16/h1-8,10-11,17H,9H2. The van der Waals surface area contributed by atoms with Crippen molar-refractivity contribution in [1.82, 2.24) is 4.98 Å². The summed E-state index contributed by atoms with van der Waals surface area (Å²) in [5.74, 6) is 0. The first-order valence-corrected chi connectivity index (χ1v) is 5.96. The lowest BCUT2D eigenvalue weighted by atomic mass is 10.0. The second-order valence-electron chi connectivity index (χ2n) is 4.40. The van der Waals surface area contributed by atoms with Gasteiger partial charge in [-0.25, -0.2) is 0 Å². The van der Waals surface area contributed by atoms with E-state index in [4.69, 9.17) is 0 Å². The average molecular weight is 235 g/mol. The molecule has 0 saturated carbocycles. The number of carbonyl (C=O) groups is 1. The monoisotopic (exact) mass is 235 g/mol. The average Bonchev–Trinajstić information content (AvgIpc) is 2.83. The Balaban J connectivity index is 1.93. The molecule has 1 heterocycles. The highest BCUT2D eigenvalue weighted by Gasteiger charge is 2.03. The van der Waals surface area contributed by atoms with Crippen molar-refractivity contribution in [3.63, 3.8) is 0 Å². The number of benzene rings is 2. The van der Waals surface area contributed by atoms with Gasteiger partial charge in [-0.15, -0.1) is 0 Å². The highest BCUT2D eigenvalue weighted by atomic mass is 16.1. The van der Waals surface area contributed by atoms with Crippen molar-refractivity contribution in [3.05, 3.63) is 71.4 Å². The fraction of sp³-hybridized carbons (Fsp3) is 0.0625. The molecule has 1 N–H and O–H groups in total. The summed E-state index contributed by atoms with van der Waals surface area (Å²) >= 11 is 0. The first-order chi connectivity index (χ1) is 8.86. The number of aromatic amines is 1. The van der Waals surface area contributed by atoms with E-state index in [1.54, 1.807) is 0 Å². The van der Waals surface area contributed by atoms with Crippen LogP contribution in [-0.2, 0) is 6.42 Å². The quantitative estimate of drug-likeness (QED) is 0.692. The van der Waals surface area contributed by atoms with Crippen LogP contribution in [-0.4, -0.2) is 11.3 Å². The smallest absolute Gasteiger partial charge is 0.150 e. The minimum absolute atomic E-state index is 0.720. The Morgan fingerprint density at radius 2 is 1.78 bits per heavy atom. The van der Waals surface area contributed by atoms with Crippen LogP contribution in [0.5, 0.6) is 0 Å². The maximum Gasteiger partial charge on any atom is 0.150 e. The molecule has 0 amide bonds. The molecule has 0 aliphatic heterocycles. The Hall–Kier alpha value is -2.35. The Labute approximate surface area is 105 Å². The van der Waals surface area contributed by atoms with E-state index < -0.39 is 0 Å². The van der Waals surface area contributed by atoms with Crippen molar-refractivity contribution in [1.29, 1.82) is 0 Å². The summed E-state index contributed by atoms with van der Waals surface area (Å²) in [5.41, 5.74) is 4.38. The van der Waals surface area contributed by atoms with E-state index >= 15 is 0 Å². The predicted octanol–water partition coefficient (Wildman–Crippen LogP) is 3.57. The van der Waals surface area contributed by atoms with E-state index in [2.05, 4.69) is 29.4 Å². The molecular weight excluding hydrogens is 222 g/mol. The SMILES string of the molecule is O=Cc1ccc(Cc2c[nH]c3ccccc23)cc1. The van der Waals surface area contributed by atoms with Crippen LogP contribution in [0.4, 0.5) is 0 Å². The number of para-hydroxylation sites is 1. The lowest BCUT2D eigenvalue weighted by Gasteiger charge is -2.00. The Morgan fingerprint density at radius 1 is 1.00 bits per heavy atom. The molecule has 0 spiro atoms. The second kappa shape index (κ2) is 4.49. The number of aldehydes is 1. The lowest BCUT2D eigenvalue weighted by molar-refractivity contribution is 0.112. The summed E-state index contributed by atoms with van der Waals surface area (Å²) in [6.07, 6.45) is 3.80. The summed E-state index contributed by atoms with van der Waals surface area (Å²) < 4.78 is 0. The van der Waals surface area contributed by atoms with Gasteiger partial charge in [0.05, 0.1) is 0 Å². The Kier molecular flexibility index (Phi) is 2.69. The van der Waals surface area contributed by atoms with Gasteiger partial charge in [0.15, 0.2) is 0 Å². The van der Waals surface area contributed by atoms with E-state index in [1.165, 1.54) is 16.5 Å². The predicted molar refractivity (Wildman–Crippen MR) is 72.9 cm³/mol. The first kappa shape index (κ1) is 10.8. The van der Waals surface area contributed by atoms with Gasteiger partial charge < -0.3 is 4.98 Å². The topological polar surface area (TPSA) is 32.9 Å². The molecule has 0 unspecified atom stereocenters. The molecule has 2 nitrogen and oxygen atoms in total. The van der Waals surface area contributed by atoms with Crippen molar-refractivity contribution in [2.75, 3.05) is 0 Å². The van der Waals surface area contributed by atoms with E-state index in [9.17, 15) is 4.79 Å². The van der Waals surface area contributed by atoms with Crippen LogP contribution < -0.4 is 0 Å². The second-order valence-corrected chi connectivity index (χ2v) is 4.40. The first-order valence-electron chi connectivity index (χ1n) is 5.96. The number of hydrogen-bond donors (Lipinski definition) is 1. The fourth-order valence-corrected chi connectivity index (χ4v) is 2.21.